The van der Waals surface area contributed by atoms with E-state index in [4.69, 9.17) is 4.42 Å². The van der Waals surface area contributed by atoms with Crippen molar-refractivity contribution < 1.29 is 26.9 Å². The third kappa shape index (κ3) is 4.39. The fraction of sp³-hybridized carbons (Fsp3) is 0.214. The van der Waals surface area contributed by atoms with E-state index in [2.05, 4.69) is 5.32 Å². The lowest BCUT2D eigenvalue weighted by Crippen LogP contribution is -2.38. The molecule has 0 aliphatic carbocycles. The van der Waals surface area contributed by atoms with E-state index in [1.165, 1.54) is 6.26 Å². The maximum Gasteiger partial charge on any atom is 0.306 e. The first-order valence-corrected chi connectivity index (χ1v) is 8.35. The second-order valence-corrected chi connectivity index (χ2v) is 7.03. The van der Waals surface area contributed by atoms with Crippen LogP contribution in [0.5, 0.6) is 0 Å². The summed E-state index contributed by atoms with van der Waals surface area (Å²) in [4.78, 5) is 21.1. The maximum atomic E-state index is 13.3. The van der Waals surface area contributed by atoms with E-state index < -0.39 is 43.8 Å². The van der Waals surface area contributed by atoms with Crippen molar-refractivity contribution >= 4 is 21.6 Å². The van der Waals surface area contributed by atoms with Gasteiger partial charge in [-0.2, -0.15) is 8.70 Å². The molecule has 1 amide bonds. The zero-order chi connectivity index (χ0) is 18.6. The monoisotopic (exact) mass is 371 g/mol. The number of amides is 1. The molecule has 1 heterocycles. The summed E-state index contributed by atoms with van der Waals surface area (Å²) in [5.41, 5.74) is -0.961. The van der Waals surface area contributed by atoms with Gasteiger partial charge < -0.3 is 9.73 Å². The normalized spacial score (nSPS) is 11.5. The Morgan fingerprint density at radius 2 is 2.12 bits per heavy atom. The molecule has 1 aromatic heterocycles. The van der Waals surface area contributed by atoms with Gasteiger partial charge in [0, 0.05) is 13.1 Å². The number of furan rings is 1. The molecule has 0 spiro atoms. The smallest absolute Gasteiger partial charge is 0.306 e. The zero-order valence-corrected chi connectivity index (χ0v) is 13.8. The van der Waals surface area contributed by atoms with Crippen LogP contribution in [0.15, 0.2) is 45.9 Å². The van der Waals surface area contributed by atoms with Crippen LogP contribution in [0.4, 0.5) is 10.1 Å². The molecule has 1 aromatic carbocycles. The third-order valence-electron chi connectivity index (χ3n) is 3.23. The molecule has 0 aliphatic heterocycles. The van der Waals surface area contributed by atoms with Crippen LogP contribution in [-0.4, -0.2) is 37.1 Å². The molecule has 25 heavy (non-hydrogen) atoms. The zero-order valence-electron chi connectivity index (χ0n) is 13.0. The first kappa shape index (κ1) is 18.5. The summed E-state index contributed by atoms with van der Waals surface area (Å²) in [5.74, 6) is -1.25. The van der Waals surface area contributed by atoms with Crippen LogP contribution < -0.4 is 5.32 Å². The quantitative estimate of drug-likeness (QED) is 0.577. The Labute approximate surface area is 142 Å². The van der Waals surface area contributed by atoms with E-state index in [1.807, 2.05) is 0 Å². The standard InChI is InChI=1S/C14H14FN3O6S/c1-17(9-14(19)16-8-10-3-2-6-24-10)25(22,23)11-4-5-12(15)13(7-11)18(20)21/h2-7H,8-9H2,1H3,(H,16,19). The molecule has 0 atom stereocenters. The first-order chi connectivity index (χ1) is 11.7. The molecule has 0 aliphatic rings. The highest BCUT2D eigenvalue weighted by molar-refractivity contribution is 7.89. The molecule has 0 fully saturated rings. The number of nitro benzene ring substituents is 1. The van der Waals surface area contributed by atoms with Gasteiger partial charge >= 0.3 is 5.69 Å². The minimum atomic E-state index is -4.20. The van der Waals surface area contributed by atoms with Gasteiger partial charge in [0.2, 0.25) is 21.7 Å². The minimum Gasteiger partial charge on any atom is -0.467 e. The van der Waals surface area contributed by atoms with Gasteiger partial charge in [0.1, 0.15) is 5.76 Å². The average molecular weight is 371 g/mol. The summed E-state index contributed by atoms with van der Waals surface area (Å²) in [6, 6.07) is 5.48. The first-order valence-electron chi connectivity index (χ1n) is 6.91. The number of rotatable bonds is 7. The fourth-order valence-corrected chi connectivity index (χ4v) is 3.06. The summed E-state index contributed by atoms with van der Waals surface area (Å²) >= 11 is 0. The van der Waals surface area contributed by atoms with Crippen molar-refractivity contribution in [1.29, 1.82) is 0 Å². The second kappa shape index (κ2) is 7.40. The van der Waals surface area contributed by atoms with Crippen LogP contribution >= 0.6 is 0 Å². The van der Waals surface area contributed by atoms with E-state index in [-0.39, 0.29) is 6.54 Å². The van der Waals surface area contributed by atoms with Crippen LogP contribution in [0.25, 0.3) is 0 Å². The van der Waals surface area contributed by atoms with E-state index in [0.717, 1.165) is 13.1 Å². The van der Waals surface area contributed by atoms with Gasteiger partial charge in [-0.1, -0.05) is 0 Å². The van der Waals surface area contributed by atoms with Gasteiger partial charge in [-0.15, -0.1) is 0 Å². The Hall–Kier alpha value is -2.79. The molecular weight excluding hydrogens is 357 g/mol. The van der Waals surface area contributed by atoms with Gasteiger partial charge in [-0.05, 0) is 24.3 Å². The summed E-state index contributed by atoms with van der Waals surface area (Å²) < 4.78 is 43.8. The van der Waals surface area contributed by atoms with Crippen LogP contribution in [0, 0.1) is 15.9 Å². The van der Waals surface area contributed by atoms with Crippen LogP contribution in [0.2, 0.25) is 0 Å². The summed E-state index contributed by atoms with van der Waals surface area (Å²) in [7, 11) is -3.07. The Morgan fingerprint density at radius 3 is 2.72 bits per heavy atom. The molecule has 2 aromatic rings. The molecule has 1 N–H and O–H groups in total. The number of nitrogens with one attached hydrogen (secondary N) is 1. The largest absolute Gasteiger partial charge is 0.467 e. The number of nitro groups is 1. The number of benzene rings is 1. The van der Waals surface area contributed by atoms with E-state index in [1.54, 1.807) is 12.1 Å². The van der Waals surface area contributed by atoms with Crippen molar-refractivity contribution in [2.75, 3.05) is 13.6 Å². The Bertz CT molecular complexity index is 882. The van der Waals surface area contributed by atoms with Gasteiger partial charge in [-0.25, -0.2) is 8.42 Å². The molecule has 2 rings (SSSR count). The molecule has 0 saturated heterocycles. The van der Waals surface area contributed by atoms with Crippen molar-refractivity contribution in [2.45, 2.75) is 11.4 Å². The molecule has 0 saturated carbocycles. The van der Waals surface area contributed by atoms with Gasteiger partial charge in [0.15, 0.2) is 0 Å². The lowest BCUT2D eigenvalue weighted by Gasteiger charge is -2.16. The molecule has 134 valence electrons. The van der Waals surface area contributed by atoms with Gasteiger partial charge in [0.05, 0.1) is 29.2 Å². The van der Waals surface area contributed by atoms with Crippen molar-refractivity contribution in [3.63, 3.8) is 0 Å². The maximum absolute atomic E-state index is 13.3. The Balaban J connectivity index is 2.09. The predicted molar refractivity (Wildman–Crippen MR) is 83.4 cm³/mol. The lowest BCUT2D eigenvalue weighted by atomic mass is 10.3. The van der Waals surface area contributed by atoms with E-state index in [0.29, 0.717) is 22.2 Å². The number of likely N-dealkylation sites (N-methyl/N-ethyl adjacent to an activating group) is 1. The number of sulfonamides is 1. The number of carbonyl (C=O) groups is 1. The average Bonchev–Trinajstić information content (AvgIpc) is 3.06. The number of halogens is 1. The van der Waals surface area contributed by atoms with Crippen LogP contribution in [0.1, 0.15) is 5.76 Å². The fourth-order valence-electron chi connectivity index (χ4n) is 1.91. The number of nitrogens with zero attached hydrogens (tertiary/aromatic N) is 2. The van der Waals surface area contributed by atoms with Gasteiger partial charge in [-0.3, -0.25) is 14.9 Å². The number of carbonyl (C=O) groups excluding carboxylic acids is 1. The molecule has 0 radical (unpaired) electrons. The molecule has 0 unspecified atom stereocenters. The third-order valence-corrected chi connectivity index (χ3v) is 5.03. The summed E-state index contributed by atoms with van der Waals surface area (Å²) in [5, 5.41) is 13.2. The highest BCUT2D eigenvalue weighted by Gasteiger charge is 2.26. The van der Waals surface area contributed by atoms with Gasteiger partial charge in [0.25, 0.3) is 0 Å². The summed E-state index contributed by atoms with van der Waals surface area (Å²) in [6.07, 6.45) is 1.43. The van der Waals surface area contributed by atoms with Crippen LogP contribution in [0.3, 0.4) is 0 Å². The molecule has 9 nitrogen and oxygen atoms in total. The van der Waals surface area contributed by atoms with Crippen molar-refractivity contribution in [3.8, 4) is 0 Å². The highest BCUT2D eigenvalue weighted by Crippen LogP contribution is 2.23. The van der Waals surface area contributed by atoms with Crippen molar-refractivity contribution in [3.05, 3.63) is 58.3 Å². The van der Waals surface area contributed by atoms with Crippen LogP contribution in [-0.2, 0) is 21.4 Å². The minimum absolute atomic E-state index is 0.0851. The number of hydrogen-bond acceptors (Lipinski definition) is 6. The van der Waals surface area contributed by atoms with Crippen molar-refractivity contribution in [1.82, 2.24) is 9.62 Å². The molecular formula is C14H14FN3O6S. The lowest BCUT2D eigenvalue weighted by molar-refractivity contribution is -0.387. The number of hydrogen-bond donors (Lipinski definition) is 1. The molecule has 11 heteroatoms. The topological polar surface area (TPSA) is 123 Å². The molecule has 0 bridgehead atoms. The highest BCUT2D eigenvalue weighted by atomic mass is 32.2. The summed E-state index contributed by atoms with van der Waals surface area (Å²) in [6.45, 7) is -0.435. The second-order valence-electron chi connectivity index (χ2n) is 4.99. The van der Waals surface area contributed by atoms with E-state index in [9.17, 15) is 27.7 Å². The Morgan fingerprint density at radius 1 is 1.40 bits per heavy atom. The van der Waals surface area contributed by atoms with Crippen molar-refractivity contribution in [2.24, 2.45) is 0 Å². The SMILES string of the molecule is CN(CC(=O)NCc1ccco1)S(=O)(=O)c1ccc(F)c([N+](=O)[O-])c1. The predicted octanol–water partition coefficient (Wildman–Crippen LogP) is 1.26. The Kier molecular flexibility index (Phi) is 5.49. The van der Waals surface area contributed by atoms with E-state index >= 15 is 0 Å².